The molecule has 1 aliphatic rings. The highest BCUT2D eigenvalue weighted by Gasteiger charge is 2.33. The fourth-order valence-electron chi connectivity index (χ4n) is 3.13. The molecular formula is C17H13ClF3N5O2. The molecule has 1 aliphatic heterocycles. The summed E-state index contributed by atoms with van der Waals surface area (Å²) in [5.74, 6) is 0. The summed E-state index contributed by atoms with van der Waals surface area (Å²) < 4.78 is 40.2. The van der Waals surface area contributed by atoms with Gasteiger partial charge >= 0.3 is 12.2 Å². The van der Waals surface area contributed by atoms with E-state index >= 15 is 0 Å². The SMILES string of the molecule is O=C(Nc1ccc(Cl)c(C(F)(F)F)c1)N1CCc2c(nc3cc[nH]n3c2=O)C1. The maximum Gasteiger partial charge on any atom is 0.417 e. The minimum Gasteiger partial charge on any atom is -0.318 e. The number of nitrogens with zero attached hydrogens (tertiary/aromatic N) is 3. The second-order valence-corrected chi connectivity index (χ2v) is 6.70. The first kappa shape index (κ1) is 18.4. The van der Waals surface area contributed by atoms with Gasteiger partial charge in [-0.2, -0.15) is 13.2 Å². The number of halogens is 4. The summed E-state index contributed by atoms with van der Waals surface area (Å²) >= 11 is 5.59. The first-order chi connectivity index (χ1) is 13.2. The van der Waals surface area contributed by atoms with E-state index in [2.05, 4.69) is 15.4 Å². The first-order valence-electron chi connectivity index (χ1n) is 8.24. The van der Waals surface area contributed by atoms with Gasteiger partial charge < -0.3 is 10.2 Å². The maximum atomic E-state index is 13.0. The van der Waals surface area contributed by atoms with Crippen molar-refractivity contribution in [2.24, 2.45) is 0 Å². The normalized spacial score (nSPS) is 14.2. The Morgan fingerprint density at radius 3 is 2.82 bits per heavy atom. The number of H-pyrrole nitrogens is 1. The quantitative estimate of drug-likeness (QED) is 0.644. The van der Waals surface area contributed by atoms with Crippen LogP contribution in [0, 0.1) is 0 Å². The number of alkyl halides is 3. The van der Waals surface area contributed by atoms with Crippen molar-refractivity contribution in [1.82, 2.24) is 19.5 Å². The van der Waals surface area contributed by atoms with Crippen LogP contribution in [-0.4, -0.2) is 32.1 Å². The number of rotatable bonds is 1. The highest BCUT2D eigenvalue weighted by Crippen LogP contribution is 2.36. The number of anilines is 1. The van der Waals surface area contributed by atoms with Gasteiger partial charge in [-0.25, -0.2) is 14.3 Å². The number of nitrogens with one attached hydrogen (secondary N) is 2. The van der Waals surface area contributed by atoms with Crippen LogP contribution in [0.1, 0.15) is 16.8 Å². The minimum atomic E-state index is -4.63. The van der Waals surface area contributed by atoms with Gasteiger partial charge in [0.2, 0.25) is 0 Å². The van der Waals surface area contributed by atoms with Crippen LogP contribution in [0.4, 0.5) is 23.7 Å². The molecule has 28 heavy (non-hydrogen) atoms. The topological polar surface area (TPSA) is 82.5 Å². The molecule has 0 bridgehead atoms. The summed E-state index contributed by atoms with van der Waals surface area (Å²) in [4.78, 5) is 30.7. The Balaban J connectivity index is 1.56. The number of benzene rings is 1. The molecule has 4 rings (SSSR count). The summed E-state index contributed by atoms with van der Waals surface area (Å²) in [6.45, 7) is 0.319. The maximum absolute atomic E-state index is 13.0. The number of carbonyl (C=O) groups is 1. The van der Waals surface area contributed by atoms with Crippen molar-refractivity contribution in [3.05, 3.63) is 62.7 Å². The predicted molar refractivity (Wildman–Crippen MR) is 95.4 cm³/mol. The Bertz CT molecular complexity index is 1140. The van der Waals surface area contributed by atoms with Gasteiger partial charge in [0.05, 0.1) is 22.8 Å². The number of urea groups is 1. The average Bonchev–Trinajstić information content (AvgIpc) is 3.11. The Morgan fingerprint density at radius 1 is 1.29 bits per heavy atom. The van der Waals surface area contributed by atoms with Gasteiger partial charge in [-0.3, -0.25) is 9.89 Å². The van der Waals surface area contributed by atoms with E-state index in [4.69, 9.17) is 11.6 Å². The van der Waals surface area contributed by atoms with E-state index in [1.807, 2.05) is 0 Å². The molecular weight excluding hydrogens is 399 g/mol. The van der Waals surface area contributed by atoms with Crippen LogP contribution < -0.4 is 10.9 Å². The highest BCUT2D eigenvalue weighted by molar-refractivity contribution is 6.31. The zero-order valence-electron chi connectivity index (χ0n) is 14.2. The Kier molecular flexibility index (Phi) is 4.30. The third-order valence-electron chi connectivity index (χ3n) is 4.51. The van der Waals surface area contributed by atoms with Gasteiger partial charge in [-0.1, -0.05) is 11.6 Å². The van der Waals surface area contributed by atoms with Gasteiger partial charge in [0.1, 0.15) is 0 Å². The van der Waals surface area contributed by atoms with Crippen molar-refractivity contribution >= 4 is 29.0 Å². The molecule has 3 aromatic rings. The van der Waals surface area contributed by atoms with Crippen molar-refractivity contribution < 1.29 is 18.0 Å². The van der Waals surface area contributed by atoms with Gasteiger partial charge in [0, 0.05) is 30.1 Å². The number of aromatic nitrogens is 3. The van der Waals surface area contributed by atoms with Gasteiger partial charge in [0.25, 0.3) is 5.56 Å². The third kappa shape index (κ3) is 3.19. The molecule has 11 heteroatoms. The summed E-state index contributed by atoms with van der Waals surface area (Å²) in [7, 11) is 0. The molecule has 2 N–H and O–H groups in total. The fraction of sp³-hybridized carbons (Fsp3) is 0.235. The van der Waals surface area contributed by atoms with E-state index in [9.17, 15) is 22.8 Å². The average molecular weight is 412 g/mol. The molecule has 2 aromatic heterocycles. The molecule has 0 spiro atoms. The van der Waals surface area contributed by atoms with Crippen LogP contribution in [0.5, 0.6) is 0 Å². The zero-order chi connectivity index (χ0) is 20.1. The van der Waals surface area contributed by atoms with E-state index in [0.29, 0.717) is 23.3 Å². The second-order valence-electron chi connectivity index (χ2n) is 6.29. The Labute approximate surface area is 160 Å². The van der Waals surface area contributed by atoms with E-state index < -0.39 is 22.8 Å². The lowest BCUT2D eigenvalue weighted by atomic mass is 10.1. The number of carbonyl (C=O) groups excluding carboxylic acids is 1. The molecule has 0 atom stereocenters. The lowest BCUT2D eigenvalue weighted by molar-refractivity contribution is -0.137. The third-order valence-corrected chi connectivity index (χ3v) is 4.84. The monoisotopic (exact) mass is 411 g/mol. The van der Waals surface area contributed by atoms with E-state index in [1.165, 1.54) is 15.5 Å². The zero-order valence-corrected chi connectivity index (χ0v) is 14.9. The Hall–Kier alpha value is -3.01. The molecule has 0 saturated carbocycles. The van der Waals surface area contributed by atoms with Crippen molar-refractivity contribution in [2.45, 2.75) is 19.1 Å². The van der Waals surface area contributed by atoms with Crippen molar-refractivity contribution in [2.75, 3.05) is 11.9 Å². The molecule has 1 aromatic carbocycles. The lowest BCUT2D eigenvalue weighted by Gasteiger charge is -2.28. The molecule has 0 aliphatic carbocycles. The Morgan fingerprint density at radius 2 is 2.07 bits per heavy atom. The molecule has 146 valence electrons. The van der Waals surface area contributed by atoms with Crippen LogP contribution in [0.3, 0.4) is 0 Å². The second kappa shape index (κ2) is 6.55. The fourth-order valence-corrected chi connectivity index (χ4v) is 3.35. The molecule has 0 radical (unpaired) electrons. The number of hydrogen-bond acceptors (Lipinski definition) is 3. The minimum absolute atomic E-state index is 0.0263. The van der Waals surface area contributed by atoms with E-state index in [1.54, 1.807) is 12.3 Å². The van der Waals surface area contributed by atoms with Gasteiger partial charge in [-0.05, 0) is 24.6 Å². The molecule has 0 unspecified atom stereocenters. The molecule has 0 saturated heterocycles. The number of hydrogen-bond donors (Lipinski definition) is 2. The summed E-state index contributed by atoms with van der Waals surface area (Å²) in [6, 6.07) is 4.20. The van der Waals surface area contributed by atoms with Crippen LogP contribution >= 0.6 is 11.6 Å². The summed E-state index contributed by atoms with van der Waals surface area (Å²) in [5, 5.41) is 4.77. The van der Waals surface area contributed by atoms with Crippen molar-refractivity contribution in [3.8, 4) is 0 Å². The van der Waals surface area contributed by atoms with Crippen LogP contribution in [0.2, 0.25) is 5.02 Å². The number of aromatic amines is 1. The summed E-state index contributed by atoms with van der Waals surface area (Å²) in [6.07, 6.45) is -2.75. The van der Waals surface area contributed by atoms with E-state index in [-0.39, 0.29) is 24.3 Å². The number of fused-ring (bicyclic) bond motifs is 2. The lowest BCUT2D eigenvalue weighted by Crippen LogP contribution is -2.41. The molecule has 3 heterocycles. The smallest absolute Gasteiger partial charge is 0.318 e. The highest BCUT2D eigenvalue weighted by atomic mass is 35.5. The standard InChI is InChI=1S/C17H13ClF3N5O2/c18-12-2-1-9(7-11(12)17(19,20)21)23-16(28)25-6-4-10-13(8-25)24-14-3-5-22-26(14)15(10)27/h1-3,5,7,22H,4,6,8H2,(H,23,28). The van der Waals surface area contributed by atoms with Crippen molar-refractivity contribution in [1.29, 1.82) is 0 Å². The first-order valence-corrected chi connectivity index (χ1v) is 8.62. The van der Waals surface area contributed by atoms with E-state index in [0.717, 1.165) is 12.1 Å². The number of amides is 2. The molecule has 2 amide bonds. The van der Waals surface area contributed by atoms with Crippen molar-refractivity contribution in [3.63, 3.8) is 0 Å². The summed E-state index contributed by atoms with van der Waals surface area (Å²) in [5.41, 5.74) is 0.131. The van der Waals surface area contributed by atoms with Gasteiger partial charge in [-0.15, -0.1) is 0 Å². The van der Waals surface area contributed by atoms with Crippen LogP contribution in [0.25, 0.3) is 5.65 Å². The largest absolute Gasteiger partial charge is 0.417 e. The van der Waals surface area contributed by atoms with Crippen LogP contribution in [0.15, 0.2) is 35.3 Å². The van der Waals surface area contributed by atoms with Crippen LogP contribution in [-0.2, 0) is 19.1 Å². The predicted octanol–water partition coefficient (Wildman–Crippen LogP) is 3.29. The molecule has 7 nitrogen and oxygen atoms in total. The molecule has 0 fully saturated rings. The van der Waals surface area contributed by atoms with Gasteiger partial charge in [0.15, 0.2) is 5.65 Å².